The van der Waals surface area contributed by atoms with Gasteiger partial charge in [-0.2, -0.15) is 12.6 Å². The summed E-state index contributed by atoms with van der Waals surface area (Å²) in [4.78, 5) is 16.3. The number of hydrogen-bond acceptors (Lipinski definition) is 3. The van der Waals surface area contributed by atoms with Gasteiger partial charge in [0.25, 0.3) is 0 Å². The first-order valence-corrected chi connectivity index (χ1v) is 6.89. The van der Waals surface area contributed by atoms with Gasteiger partial charge in [-0.25, -0.2) is 0 Å². The summed E-state index contributed by atoms with van der Waals surface area (Å²) >= 11 is 4.42. The molecule has 1 atom stereocenters. The maximum absolute atomic E-state index is 12.3. The highest BCUT2D eigenvalue weighted by Gasteiger charge is 2.24. The first-order valence-electron chi connectivity index (χ1n) is 6.37. The largest absolute Gasteiger partial charge is 0.340 e. The molecule has 0 aromatic rings. The van der Waals surface area contributed by atoms with Gasteiger partial charge in [-0.15, -0.1) is 0 Å². The van der Waals surface area contributed by atoms with Crippen molar-refractivity contribution in [3.05, 3.63) is 0 Å². The zero-order valence-electron chi connectivity index (χ0n) is 12.1. The summed E-state index contributed by atoms with van der Waals surface area (Å²) in [6.07, 6.45) is 0. The van der Waals surface area contributed by atoms with Gasteiger partial charge in [0.05, 0.1) is 5.25 Å². The number of carbonyl (C=O) groups excluding carboxylic acids is 1. The molecule has 0 aromatic heterocycles. The van der Waals surface area contributed by atoms with Crippen molar-refractivity contribution < 1.29 is 4.79 Å². The summed E-state index contributed by atoms with van der Waals surface area (Å²) in [6.45, 7) is 10.9. The third kappa shape index (κ3) is 6.94. The summed E-state index contributed by atoms with van der Waals surface area (Å²) in [5.41, 5.74) is 0. The molecule has 0 aromatic carbocycles. The van der Waals surface area contributed by atoms with Crippen LogP contribution in [-0.2, 0) is 4.79 Å². The van der Waals surface area contributed by atoms with Crippen molar-refractivity contribution in [3.63, 3.8) is 0 Å². The van der Waals surface area contributed by atoms with Gasteiger partial charge >= 0.3 is 0 Å². The van der Waals surface area contributed by atoms with E-state index in [1.54, 1.807) is 0 Å². The molecular formula is C13H28N2OS. The van der Waals surface area contributed by atoms with Crippen molar-refractivity contribution in [2.75, 3.05) is 33.7 Å². The molecule has 0 N–H and O–H groups in total. The molecule has 0 aliphatic carbocycles. The number of hydrogen-bond donors (Lipinski definition) is 1. The Balaban J connectivity index is 4.50. The topological polar surface area (TPSA) is 23.6 Å². The quantitative estimate of drug-likeness (QED) is 0.708. The lowest BCUT2D eigenvalue weighted by atomic mass is 10.1. The number of rotatable bonds is 7. The fraction of sp³-hybridized carbons (Fsp3) is 0.923. The number of likely N-dealkylation sites (N-methyl/N-ethyl adjacent to an activating group) is 1. The minimum absolute atomic E-state index is 0.166. The Morgan fingerprint density at radius 3 is 2.00 bits per heavy atom. The van der Waals surface area contributed by atoms with Crippen molar-refractivity contribution >= 4 is 18.5 Å². The van der Waals surface area contributed by atoms with Gasteiger partial charge in [-0.05, 0) is 25.9 Å². The van der Waals surface area contributed by atoms with Crippen LogP contribution in [-0.4, -0.2) is 54.7 Å². The minimum atomic E-state index is -0.184. The monoisotopic (exact) mass is 260 g/mol. The molecule has 1 amide bonds. The lowest BCUT2D eigenvalue weighted by molar-refractivity contribution is -0.132. The number of nitrogens with zero attached hydrogens (tertiary/aromatic N) is 2. The Labute approximate surface area is 112 Å². The van der Waals surface area contributed by atoms with E-state index in [9.17, 15) is 4.79 Å². The van der Waals surface area contributed by atoms with Crippen LogP contribution in [0.3, 0.4) is 0 Å². The average Bonchev–Trinajstić information content (AvgIpc) is 2.21. The molecule has 17 heavy (non-hydrogen) atoms. The normalized spacial score (nSPS) is 13.5. The molecule has 0 spiro atoms. The lowest BCUT2D eigenvalue weighted by Gasteiger charge is -2.29. The van der Waals surface area contributed by atoms with Gasteiger partial charge in [0, 0.05) is 19.6 Å². The van der Waals surface area contributed by atoms with Crippen LogP contribution in [0.1, 0.15) is 27.7 Å². The van der Waals surface area contributed by atoms with Crippen LogP contribution in [0.2, 0.25) is 0 Å². The fourth-order valence-electron chi connectivity index (χ4n) is 1.53. The van der Waals surface area contributed by atoms with Crippen LogP contribution in [0, 0.1) is 11.8 Å². The molecule has 0 saturated heterocycles. The van der Waals surface area contributed by atoms with E-state index in [4.69, 9.17) is 0 Å². The van der Waals surface area contributed by atoms with Crippen LogP contribution >= 0.6 is 12.6 Å². The molecular weight excluding hydrogens is 232 g/mol. The summed E-state index contributed by atoms with van der Waals surface area (Å²) in [6, 6.07) is 0. The van der Waals surface area contributed by atoms with Gasteiger partial charge in [0.15, 0.2) is 0 Å². The van der Waals surface area contributed by atoms with E-state index in [1.807, 2.05) is 32.8 Å². The van der Waals surface area contributed by atoms with Crippen LogP contribution < -0.4 is 0 Å². The van der Waals surface area contributed by atoms with Gasteiger partial charge < -0.3 is 9.80 Å². The van der Waals surface area contributed by atoms with Crippen molar-refractivity contribution in [1.82, 2.24) is 9.80 Å². The minimum Gasteiger partial charge on any atom is -0.340 e. The molecule has 102 valence electrons. The summed E-state index contributed by atoms with van der Waals surface area (Å²) in [5, 5.41) is -0.184. The van der Waals surface area contributed by atoms with Crippen molar-refractivity contribution in [3.8, 4) is 0 Å². The molecule has 0 radical (unpaired) electrons. The van der Waals surface area contributed by atoms with E-state index in [0.717, 1.165) is 19.6 Å². The van der Waals surface area contributed by atoms with E-state index < -0.39 is 0 Å². The van der Waals surface area contributed by atoms with Crippen molar-refractivity contribution in [2.24, 2.45) is 11.8 Å². The molecule has 1 unspecified atom stereocenters. The maximum atomic E-state index is 12.3. The SMILES string of the molecule is CC(C)CN(CCN(C)C)C(=O)C(S)C(C)C. The second kappa shape index (κ2) is 7.98. The van der Waals surface area contributed by atoms with Crippen LogP contribution in [0.25, 0.3) is 0 Å². The molecule has 0 aliphatic heterocycles. The fourth-order valence-corrected chi connectivity index (χ4v) is 1.69. The second-order valence-electron chi connectivity index (χ2n) is 5.67. The number of thiol groups is 1. The Hall–Kier alpha value is -0.220. The van der Waals surface area contributed by atoms with E-state index in [-0.39, 0.29) is 17.1 Å². The number of carbonyl (C=O) groups is 1. The van der Waals surface area contributed by atoms with Crippen molar-refractivity contribution in [1.29, 1.82) is 0 Å². The van der Waals surface area contributed by atoms with Gasteiger partial charge in [0.2, 0.25) is 5.91 Å². The first kappa shape index (κ1) is 16.8. The van der Waals surface area contributed by atoms with Gasteiger partial charge in [0.1, 0.15) is 0 Å². The van der Waals surface area contributed by atoms with Crippen LogP contribution in [0.4, 0.5) is 0 Å². The van der Waals surface area contributed by atoms with Crippen LogP contribution in [0.5, 0.6) is 0 Å². The predicted octanol–water partition coefficient (Wildman–Crippen LogP) is 1.99. The Morgan fingerprint density at radius 1 is 1.12 bits per heavy atom. The molecule has 0 rings (SSSR count). The summed E-state index contributed by atoms with van der Waals surface area (Å²) < 4.78 is 0. The van der Waals surface area contributed by atoms with Gasteiger partial charge in [-0.3, -0.25) is 4.79 Å². The predicted molar refractivity (Wildman–Crippen MR) is 77.6 cm³/mol. The zero-order chi connectivity index (χ0) is 13.6. The van der Waals surface area contributed by atoms with Crippen molar-refractivity contribution in [2.45, 2.75) is 32.9 Å². The Kier molecular flexibility index (Phi) is 7.88. The van der Waals surface area contributed by atoms with Crippen LogP contribution in [0.15, 0.2) is 0 Å². The highest BCUT2D eigenvalue weighted by Crippen LogP contribution is 2.13. The molecule has 3 nitrogen and oxygen atoms in total. The maximum Gasteiger partial charge on any atom is 0.235 e. The molecule has 0 saturated carbocycles. The number of amides is 1. The highest BCUT2D eigenvalue weighted by molar-refractivity contribution is 7.81. The highest BCUT2D eigenvalue weighted by atomic mass is 32.1. The van der Waals surface area contributed by atoms with E-state index in [2.05, 4.69) is 31.4 Å². The van der Waals surface area contributed by atoms with Gasteiger partial charge in [-0.1, -0.05) is 27.7 Å². The first-order chi connectivity index (χ1) is 7.75. The summed E-state index contributed by atoms with van der Waals surface area (Å²) in [5.74, 6) is 0.938. The second-order valence-corrected chi connectivity index (χ2v) is 6.23. The molecule has 0 fully saturated rings. The third-order valence-electron chi connectivity index (χ3n) is 2.60. The molecule has 0 heterocycles. The van der Waals surface area contributed by atoms with E-state index in [1.165, 1.54) is 0 Å². The smallest absolute Gasteiger partial charge is 0.235 e. The molecule has 4 heteroatoms. The molecule has 0 aliphatic rings. The molecule has 0 bridgehead atoms. The zero-order valence-corrected chi connectivity index (χ0v) is 13.0. The third-order valence-corrected chi connectivity index (χ3v) is 3.42. The lowest BCUT2D eigenvalue weighted by Crippen LogP contribution is -2.44. The van der Waals surface area contributed by atoms with E-state index in [0.29, 0.717) is 5.92 Å². The average molecular weight is 260 g/mol. The Bertz CT molecular complexity index is 229. The Morgan fingerprint density at radius 2 is 1.65 bits per heavy atom. The summed E-state index contributed by atoms with van der Waals surface area (Å²) in [7, 11) is 4.05. The van der Waals surface area contributed by atoms with E-state index >= 15 is 0 Å². The standard InChI is InChI=1S/C13H28N2OS/c1-10(2)9-15(8-7-14(5)6)13(16)12(17)11(3)4/h10-12,17H,7-9H2,1-6H3.